The molecule has 0 saturated carbocycles. The number of hydrogen-bond donors (Lipinski definition) is 0. The maximum atomic E-state index is 0. The topological polar surface area (TPSA) is 0 Å². The Labute approximate surface area is 131 Å². The number of rotatable bonds is 0. The van der Waals surface area contributed by atoms with Crippen LogP contribution in [0.2, 0.25) is 0 Å². The molecular weight excluding hydrogens is 323 g/mol. The predicted octanol–water partition coefficient (Wildman–Crippen LogP) is -18.0. The summed E-state index contributed by atoms with van der Waals surface area (Å²) in [5, 5.41) is 0. The van der Waals surface area contributed by atoms with Crippen molar-refractivity contribution in [2.24, 2.45) is 0 Å². The molecule has 0 aromatic rings. The van der Waals surface area contributed by atoms with Gasteiger partial charge < -0.3 is 62.0 Å². The minimum Gasteiger partial charge on any atom is -1.00 e. The molecule has 0 amide bonds. The van der Waals surface area contributed by atoms with Gasteiger partial charge in [-0.2, -0.15) is 0 Å². The third-order valence-electron chi connectivity index (χ3n) is 0. The molecule has 7 heavy (non-hydrogen) atoms. The van der Waals surface area contributed by atoms with Crippen molar-refractivity contribution in [3.8, 4) is 0 Å². The molecule has 0 spiro atoms. The third-order valence-corrected chi connectivity index (χ3v) is 0. The second-order valence-electron chi connectivity index (χ2n) is 0. The molecule has 0 atom stereocenters. The molecule has 0 radical (unpaired) electrons. The Morgan fingerprint density at radius 2 is 0.429 bits per heavy atom. The Morgan fingerprint density at radius 3 is 0.429 bits per heavy atom. The summed E-state index contributed by atoms with van der Waals surface area (Å²) in [6, 6.07) is 0. The standard InChI is InChI=1S/5ClH.K.Pd/h5*1H;;/q;;;;;+1;/p-5. The Balaban J connectivity index is 0. The molecule has 0 nitrogen and oxygen atoms in total. The summed E-state index contributed by atoms with van der Waals surface area (Å²) in [5.74, 6) is 0. The average Bonchev–Trinajstić information content (AvgIpc) is 0. The molecule has 0 aromatic carbocycles. The van der Waals surface area contributed by atoms with Crippen LogP contribution in [-0.4, -0.2) is 0 Å². The zero-order chi connectivity index (χ0) is 0. The molecule has 50 valence electrons. The van der Waals surface area contributed by atoms with E-state index in [-0.39, 0.29) is 134 Å². The van der Waals surface area contributed by atoms with Crippen molar-refractivity contribution in [2.75, 3.05) is 0 Å². The molecular formula is Cl5KPd-4. The minimum atomic E-state index is 0. The van der Waals surface area contributed by atoms with Crippen LogP contribution in [0.5, 0.6) is 0 Å². The fraction of sp³-hybridized carbons (Fsp3) is 0. The maximum Gasteiger partial charge on any atom is 1.00 e. The van der Waals surface area contributed by atoms with Gasteiger partial charge in [0.15, 0.2) is 0 Å². The van der Waals surface area contributed by atoms with Gasteiger partial charge in [0.05, 0.1) is 0 Å². The van der Waals surface area contributed by atoms with E-state index in [9.17, 15) is 0 Å². The van der Waals surface area contributed by atoms with E-state index in [2.05, 4.69) is 0 Å². The zero-order valence-electron chi connectivity index (χ0n) is 3.21. The summed E-state index contributed by atoms with van der Waals surface area (Å²) in [7, 11) is 0. The molecule has 0 N–H and O–H groups in total. The minimum absolute atomic E-state index is 0. The molecule has 0 saturated heterocycles. The van der Waals surface area contributed by atoms with Crippen LogP contribution in [0.3, 0.4) is 0 Å². The van der Waals surface area contributed by atoms with E-state index in [0.29, 0.717) is 0 Å². The summed E-state index contributed by atoms with van der Waals surface area (Å²) in [6.07, 6.45) is 0. The first-order chi connectivity index (χ1) is 0. The summed E-state index contributed by atoms with van der Waals surface area (Å²) >= 11 is 0. The number of halogens is 5. The second-order valence-corrected chi connectivity index (χ2v) is 0. The van der Waals surface area contributed by atoms with Crippen LogP contribution in [0.1, 0.15) is 0 Å². The predicted molar refractivity (Wildman–Crippen MR) is 0 cm³/mol. The summed E-state index contributed by atoms with van der Waals surface area (Å²) in [5.41, 5.74) is 0. The molecule has 0 rings (SSSR count). The Hall–Kier alpha value is 3.75. The normalized spacial score (nSPS) is 0. The molecule has 7 heteroatoms. The van der Waals surface area contributed by atoms with Crippen molar-refractivity contribution >= 4 is 0 Å². The van der Waals surface area contributed by atoms with E-state index >= 15 is 0 Å². The van der Waals surface area contributed by atoms with E-state index in [1.807, 2.05) is 0 Å². The van der Waals surface area contributed by atoms with Crippen LogP contribution in [0.4, 0.5) is 0 Å². The van der Waals surface area contributed by atoms with Gasteiger partial charge >= 0.3 is 51.4 Å². The summed E-state index contributed by atoms with van der Waals surface area (Å²) in [4.78, 5) is 0. The maximum absolute atomic E-state index is 0. The quantitative estimate of drug-likeness (QED) is 0.389. The van der Waals surface area contributed by atoms with Crippen LogP contribution in [-0.2, 0) is 20.4 Å². The zero-order valence-corrected chi connectivity index (χ0v) is 11.7. The van der Waals surface area contributed by atoms with Crippen LogP contribution < -0.4 is 113 Å². The average molecular weight is 323 g/mol. The number of hydrogen-bond acceptors (Lipinski definition) is 0. The van der Waals surface area contributed by atoms with E-state index in [1.165, 1.54) is 0 Å². The van der Waals surface area contributed by atoms with E-state index in [0.717, 1.165) is 0 Å². The SMILES string of the molecule is [Cl-].[Cl-].[Cl-].[Cl-].[Cl-].[K+].[Pd]. The van der Waals surface area contributed by atoms with Crippen molar-refractivity contribution in [2.45, 2.75) is 0 Å². The molecule has 0 aliphatic heterocycles. The molecule has 0 aliphatic carbocycles. The van der Waals surface area contributed by atoms with Crippen LogP contribution in [0.25, 0.3) is 0 Å². The molecule has 0 bridgehead atoms. The van der Waals surface area contributed by atoms with E-state index in [4.69, 9.17) is 0 Å². The van der Waals surface area contributed by atoms with Gasteiger partial charge in [-0.25, -0.2) is 0 Å². The summed E-state index contributed by atoms with van der Waals surface area (Å²) in [6.45, 7) is 0. The monoisotopic (exact) mass is 320 g/mol. The van der Waals surface area contributed by atoms with Gasteiger partial charge in [0.25, 0.3) is 0 Å². The van der Waals surface area contributed by atoms with Crippen LogP contribution >= 0.6 is 0 Å². The Morgan fingerprint density at radius 1 is 0.429 bits per heavy atom. The smallest absolute Gasteiger partial charge is 1.00 e. The van der Waals surface area contributed by atoms with Crippen LogP contribution in [0, 0.1) is 0 Å². The van der Waals surface area contributed by atoms with E-state index < -0.39 is 0 Å². The van der Waals surface area contributed by atoms with Crippen molar-refractivity contribution in [3.05, 3.63) is 0 Å². The van der Waals surface area contributed by atoms with Crippen LogP contribution in [0.15, 0.2) is 0 Å². The van der Waals surface area contributed by atoms with Crippen molar-refractivity contribution in [1.29, 1.82) is 0 Å². The van der Waals surface area contributed by atoms with E-state index in [1.54, 1.807) is 0 Å². The summed E-state index contributed by atoms with van der Waals surface area (Å²) < 4.78 is 0. The van der Waals surface area contributed by atoms with Gasteiger partial charge in [0.2, 0.25) is 0 Å². The third kappa shape index (κ3) is 41.7. The second kappa shape index (κ2) is 53.1. The van der Waals surface area contributed by atoms with Crippen molar-refractivity contribution in [1.82, 2.24) is 0 Å². The first kappa shape index (κ1) is 72.7. The molecule has 0 heterocycles. The van der Waals surface area contributed by atoms with Gasteiger partial charge in [0.1, 0.15) is 0 Å². The first-order valence-electron chi connectivity index (χ1n) is 0. The fourth-order valence-electron chi connectivity index (χ4n) is 0. The van der Waals surface area contributed by atoms with Crippen molar-refractivity contribution in [3.63, 3.8) is 0 Å². The fourth-order valence-corrected chi connectivity index (χ4v) is 0. The molecule has 0 aromatic heterocycles. The molecule has 0 aliphatic rings. The molecule has 0 unspecified atom stereocenters. The van der Waals surface area contributed by atoms with Gasteiger partial charge in [0, 0.05) is 20.4 Å². The van der Waals surface area contributed by atoms with Gasteiger partial charge in [-0.1, -0.05) is 0 Å². The molecule has 0 fully saturated rings. The van der Waals surface area contributed by atoms with Gasteiger partial charge in [-0.05, 0) is 0 Å². The van der Waals surface area contributed by atoms with Gasteiger partial charge in [-0.3, -0.25) is 0 Å². The van der Waals surface area contributed by atoms with Gasteiger partial charge in [-0.15, -0.1) is 0 Å². The van der Waals surface area contributed by atoms with Crippen molar-refractivity contribution < 1.29 is 134 Å². The largest absolute Gasteiger partial charge is 1.00 e. The Bertz CT molecular complexity index is 8.04. The first-order valence-corrected chi connectivity index (χ1v) is 0. The Kier molecular flexibility index (Phi) is 551.